The average Bonchev–Trinajstić information content (AvgIpc) is 3.04. The Bertz CT molecular complexity index is 632. The highest BCUT2D eigenvalue weighted by Crippen LogP contribution is 2.32. The molecule has 1 saturated heterocycles. The Kier molecular flexibility index (Phi) is 5.14. The largest absolute Gasteiger partial charge is 0.354 e. The van der Waals surface area contributed by atoms with Crippen LogP contribution >= 0.6 is 23.1 Å². The van der Waals surface area contributed by atoms with Crippen LogP contribution < -0.4 is 5.32 Å². The molecule has 0 spiro atoms. The van der Waals surface area contributed by atoms with Gasteiger partial charge in [-0.15, -0.1) is 11.3 Å². The summed E-state index contributed by atoms with van der Waals surface area (Å²) in [6.45, 7) is -0.117. The summed E-state index contributed by atoms with van der Waals surface area (Å²) in [5, 5.41) is 12.3. The van der Waals surface area contributed by atoms with Gasteiger partial charge < -0.3 is 5.32 Å². The maximum atomic E-state index is 12.1. The quantitative estimate of drug-likeness (QED) is 0.660. The standard InChI is InChI=1S/C13H11N3O3S2/c14-4-2-5-15-11(17)8-16-12(18)10(21-13(16)19)7-9-3-1-6-20-9/h1,3,6-7H,2,5,8H2,(H,15,17)/b10-7-. The molecule has 0 aromatic carbocycles. The SMILES string of the molecule is N#CCCNC(=O)CN1C(=O)S/C(=C\c2cccs2)C1=O. The zero-order valence-corrected chi connectivity index (χ0v) is 12.5. The normalized spacial score (nSPS) is 16.3. The van der Waals surface area contributed by atoms with E-state index in [0.717, 1.165) is 21.5 Å². The molecule has 1 fully saturated rings. The maximum Gasteiger partial charge on any atom is 0.294 e. The first-order chi connectivity index (χ1) is 10.1. The highest BCUT2D eigenvalue weighted by Gasteiger charge is 2.36. The Morgan fingerprint density at radius 2 is 2.29 bits per heavy atom. The van der Waals surface area contributed by atoms with Crippen molar-refractivity contribution in [1.29, 1.82) is 5.26 Å². The summed E-state index contributed by atoms with van der Waals surface area (Å²) in [7, 11) is 0. The van der Waals surface area contributed by atoms with Gasteiger partial charge in [0, 0.05) is 11.4 Å². The van der Waals surface area contributed by atoms with Crippen molar-refractivity contribution in [2.75, 3.05) is 13.1 Å². The lowest BCUT2D eigenvalue weighted by Gasteiger charge is -2.11. The van der Waals surface area contributed by atoms with Crippen LogP contribution in [0.15, 0.2) is 22.4 Å². The van der Waals surface area contributed by atoms with E-state index in [1.807, 2.05) is 23.6 Å². The van der Waals surface area contributed by atoms with Gasteiger partial charge in [0.1, 0.15) is 6.54 Å². The highest BCUT2D eigenvalue weighted by molar-refractivity contribution is 8.18. The Hall–Kier alpha value is -2.11. The van der Waals surface area contributed by atoms with E-state index in [4.69, 9.17) is 5.26 Å². The van der Waals surface area contributed by atoms with E-state index in [0.29, 0.717) is 4.91 Å². The summed E-state index contributed by atoms with van der Waals surface area (Å²) in [5.74, 6) is -0.918. The second-order valence-electron chi connectivity index (χ2n) is 4.04. The summed E-state index contributed by atoms with van der Waals surface area (Å²) in [5.41, 5.74) is 0. The zero-order valence-electron chi connectivity index (χ0n) is 10.9. The van der Waals surface area contributed by atoms with E-state index in [-0.39, 0.29) is 19.5 Å². The van der Waals surface area contributed by atoms with E-state index in [9.17, 15) is 14.4 Å². The fraction of sp³-hybridized carbons (Fsp3) is 0.231. The predicted octanol–water partition coefficient (Wildman–Crippen LogP) is 1.81. The van der Waals surface area contributed by atoms with Gasteiger partial charge in [0.05, 0.1) is 17.4 Å². The Morgan fingerprint density at radius 1 is 1.48 bits per heavy atom. The average molecular weight is 321 g/mol. The number of carbonyl (C=O) groups is 3. The van der Waals surface area contributed by atoms with Crippen molar-refractivity contribution in [3.63, 3.8) is 0 Å². The van der Waals surface area contributed by atoms with Crippen molar-refractivity contribution in [3.05, 3.63) is 27.3 Å². The number of carbonyl (C=O) groups excluding carboxylic acids is 3. The van der Waals surface area contributed by atoms with Gasteiger partial charge in [-0.3, -0.25) is 19.3 Å². The van der Waals surface area contributed by atoms with Crippen LogP contribution in [-0.4, -0.2) is 35.0 Å². The number of imide groups is 1. The molecule has 1 aliphatic heterocycles. The molecular formula is C13H11N3O3S2. The lowest BCUT2D eigenvalue weighted by molar-refractivity contribution is -0.129. The summed E-state index contributed by atoms with van der Waals surface area (Å²) in [6, 6.07) is 5.58. The molecule has 21 heavy (non-hydrogen) atoms. The van der Waals surface area contributed by atoms with Gasteiger partial charge in [0.15, 0.2) is 0 Å². The first kappa shape index (κ1) is 15.3. The first-order valence-corrected chi connectivity index (χ1v) is 7.74. The third-order valence-electron chi connectivity index (χ3n) is 2.55. The molecule has 0 saturated carbocycles. The van der Waals surface area contributed by atoms with Gasteiger partial charge in [-0.05, 0) is 29.3 Å². The Balaban J connectivity index is 1.99. The lowest BCUT2D eigenvalue weighted by atomic mass is 10.3. The fourth-order valence-corrected chi connectivity index (χ4v) is 3.16. The molecule has 2 heterocycles. The molecular weight excluding hydrogens is 310 g/mol. The van der Waals surface area contributed by atoms with Gasteiger partial charge >= 0.3 is 0 Å². The second kappa shape index (κ2) is 7.06. The summed E-state index contributed by atoms with van der Waals surface area (Å²) in [6.07, 6.45) is 1.83. The van der Waals surface area contributed by atoms with Crippen molar-refractivity contribution in [2.45, 2.75) is 6.42 Å². The molecule has 0 radical (unpaired) electrons. The summed E-state index contributed by atoms with van der Waals surface area (Å²) >= 11 is 2.28. The number of hydrogen-bond acceptors (Lipinski definition) is 6. The third-order valence-corrected chi connectivity index (χ3v) is 4.28. The molecule has 1 aliphatic rings. The van der Waals surface area contributed by atoms with E-state index < -0.39 is 17.1 Å². The van der Waals surface area contributed by atoms with Crippen molar-refractivity contribution in [1.82, 2.24) is 10.2 Å². The van der Waals surface area contributed by atoms with Crippen LogP contribution in [0.1, 0.15) is 11.3 Å². The summed E-state index contributed by atoms with van der Waals surface area (Å²) < 4.78 is 0. The molecule has 0 aliphatic carbocycles. The van der Waals surface area contributed by atoms with Crippen LogP contribution in [0.5, 0.6) is 0 Å². The van der Waals surface area contributed by atoms with Crippen LogP contribution in [0.3, 0.4) is 0 Å². The molecule has 1 N–H and O–H groups in total. The number of nitrogens with zero attached hydrogens (tertiary/aromatic N) is 2. The van der Waals surface area contributed by atoms with Crippen LogP contribution in [0.2, 0.25) is 0 Å². The van der Waals surface area contributed by atoms with Crippen molar-refractivity contribution in [3.8, 4) is 6.07 Å². The van der Waals surface area contributed by atoms with Gasteiger partial charge in [0.25, 0.3) is 11.1 Å². The van der Waals surface area contributed by atoms with Crippen LogP contribution in [0, 0.1) is 11.3 Å². The monoisotopic (exact) mass is 321 g/mol. The number of hydrogen-bond donors (Lipinski definition) is 1. The first-order valence-electron chi connectivity index (χ1n) is 6.04. The second-order valence-corrected chi connectivity index (χ2v) is 6.01. The molecule has 2 rings (SSSR count). The van der Waals surface area contributed by atoms with Crippen LogP contribution in [0.4, 0.5) is 4.79 Å². The van der Waals surface area contributed by atoms with Crippen molar-refractivity contribution < 1.29 is 14.4 Å². The number of thioether (sulfide) groups is 1. The van der Waals surface area contributed by atoms with Gasteiger partial charge in [-0.2, -0.15) is 5.26 Å². The maximum absolute atomic E-state index is 12.1. The van der Waals surface area contributed by atoms with E-state index in [2.05, 4.69) is 5.32 Å². The van der Waals surface area contributed by atoms with Crippen LogP contribution in [0.25, 0.3) is 6.08 Å². The summed E-state index contributed by atoms with van der Waals surface area (Å²) in [4.78, 5) is 37.6. The molecule has 1 aromatic heterocycles. The topological polar surface area (TPSA) is 90.3 Å². The molecule has 0 unspecified atom stereocenters. The van der Waals surface area contributed by atoms with Gasteiger partial charge in [0.2, 0.25) is 5.91 Å². The Labute approximate surface area is 129 Å². The Morgan fingerprint density at radius 3 is 2.95 bits per heavy atom. The molecule has 108 valence electrons. The van der Waals surface area contributed by atoms with Crippen molar-refractivity contribution >= 4 is 46.2 Å². The van der Waals surface area contributed by atoms with Gasteiger partial charge in [-0.1, -0.05) is 6.07 Å². The molecule has 0 bridgehead atoms. The van der Waals surface area contributed by atoms with Gasteiger partial charge in [-0.25, -0.2) is 0 Å². The van der Waals surface area contributed by atoms with E-state index in [1.165, 1.54) is 11.3 Å². The molecule has 3 amide bonds. The number of nitrogens with one attached hydrogen (secondary N) is 1. The minimum absolute atomic E-state index is 0.186. The number of amides is 3. The molecule has 6 nitrogen and oxygen atoms in total. The zero-order chi connectivity index (χ0) is 15.2. The predicted molar refractivity (Wildman–Crippen MR) is 80.2 cm³/mol. The van der Waals surface area contributed by atoms with Crippen molar-refractivity contribution in [2.24, 2.45) is 0 Å². The lowest BCUT2D eigenvalue weighted by Crippen LogP contribution is -2.39. The number of thiophene rings is 1. The molecule has 8 heteroatoms. The number of nitriles is 1. The van der Waals surface area contributed by atoms with E-state index >= 15 is 0 Å². The minimum atomic E-state index is -0.464. The highest BCUT2D eigenvalue weighted by atomic mass is 32.2. The fourth-order valence-electron chi connectivity index (χ4n) is 1.60. The number of rotatable bonds is 5. The smallest absolute Gasteiger partial charge is 0.294 e. The van der Waals surface area contributed by atoms with Crippen LogP contribution in [-0.2, 0) is 9.59 Å². The third kappa shape index (κ3) is 3.93. The minimum Gasteiger partial charge on any atom is -0.354 e. The molecule has 1 aromatic rings. The molecule has 0 atom stereocenters. The van der Waals surface area contributed by atoms with E-state index in [1.54, 1.807) is 6.08 Å².